The number of anilines is 1. The van der Waals surface area contributed by atoms with Gasteiger partial charge in [-0.15, -0.1) is 0 Å². The van der Waals surface area contributed by atoms with E-state index in [4.69, 9.17) is 0 Å². The molecule has 3 nitrogen and oxygen atoms in total. The van der Waals surface area contributed by atoms with Gasteiger partial charge >= 0.3 is 0 Å². The molecule has 0 bridgehead atoms. The number of aromatic nitrogens is 1. The van der Waals surface area contributed by atoms with Gasteiger partial charge in [-0.25, -0.2) is 4.98 Å². The topological polar surface area (TPSA) is 39.9 Å². The lowest BCUT2D eigenvalue weighted by atomic mass is 10.0. The van der Waals surface area contributed by atoms with Gasteiger partial charge in [-0.2, -0.15) is 5.26 Å². The summed E-state index contributed by atoms with van der Waals surface area (Å²) in [5.41, 5.74) is 1.96. The molecule has 1 aromatic carbocycles. The third-order valence-corrected chi connectivity index (χ3v) is 3.62. The third kappa shape index (κ3) is 2.17. The summed E-state index contributed by atoms with van der Waals surface area (Å²) in [6.45, 7) is 0.964. The van der Waals surface area contributed by atoms with Crippen molar-refractivity contribution in [3.8, 4) is 6.07 Å². The molecule has 3 rings (SSSR count). The fourth-order valence-corrected chi connectivity index (χ4v) is 2.76. The molecule has 19 heavy (non-hydrogen) atoms. The van der Waals surface area contributed by atoms with Crippen molar-refractivity contribution in [1.82, 2.24) is 4.98 Å². The molecule has 0 radical (unpaired) electrons. The smallest absolute Gasteiger partial charge is 0.146 e. The molecule has 1 atom stereocenters. The van der Waals surface area contributed by atoms with Crippen molar-refractivity contribution in [2.24, 2.45) is 0 Å². The Kier molecular flexibility index (Phi) is 3.16. The molecular formula is C16H15N3. The molecule has 0 spiro atoms. The molecule has 2 aromatic rings. The highest BCUT2D eigenvalue weighted by Crippen LogP contribution is 2.36. The van der Waals surface area contributed by atoms with E-state index in [1.807, 2.05) is 18.2 Å². The first-order valence-electron chi connectivity index (χ1n) is 6.57. The van der Waals surface area contributed by atoms with E-state index in [9.17, 15) is 5.26 Å². The van der Waals surface area contributed by atoms with Crippen LogP contribution < -0.4 is 4.90 Å². The lowest BCUT2D eigenvalue weighted by molar-refractivity contribution is 0.711. The van der Waals surface area contributed by atoms with E-state index in [1.165, 1.54) is 5.56 Å². The number of pyridine rings is 1. The predicted molar refractivity (Wildman–Crippen MR) is 74.7 cm³/mol. The lowest BCUT2D eigenvalue weighted by Crippen LogP contribution is -2.24. The van der Waals surface area contributed by atoms with Gasteiger partial charge in [0.15, 0.2) is 0 Å². The second-order valence-electron chi connectivity index (χ2n) is 4.75. The van der Waals surface area contributed by atoms with Crippen molar-refractivity contribution >= 4 is 5.82 Å². The Morgan fingerprint density at radius 2 is 2.00 bits per heavy atom. The van der Waals surface area contributed by atoms with Crippen molar-refractivity contribution in [2.45, 2.75) is 18.9 Å². The van der Waals surface area contributed by atoms with Gasteiger partial charge in [-0.3, -0.25) is 0 Å². The Morgan fingerprint density at radius 1 is 1.16 bits per heavy atom. The van der Waals surface area contributed by atoms with E-state index < -0.39 is 0 Å². The number of hydrogen-bond acceptors (Lipinski definition) is 3. The van der Waals surface area contributed by atoms with E-state index in [2.05, 4.69) is 40.2 Å². The fraction of sp³-hybridized carbons (Fsp3) is 0.250. The van der Waals surface area contributed by atoms with Gasteiger partial charge in [0.25, 0.3) is 0 Å². The van der Waals surface area contributed by atoms with Gasteiger partial charge in [0.2, 0.25) is 0 Å². The van der Waals surface area contributed by atoms with Gasteiger partial charge in [0.05, 0.1) is 11.6 Å². The minimum absolute atomic E-state index is 0.336. The van der Waals surface area contributed by atoms with Crippen LogP contribution in [0.15, 0.2) is 48.7 Å². The number of hydrogen-bond donors (Lipinski definition) is 0. The van der Waals surface area contributed by atoms with E-state index in [0.29, 0.717) is 11.6 Å². The Morgan fingerprint density at radius 3 is 2.79 bits per heavy atom. The van der Waals surface area contributed by atoms with Crippen LogP contribution in [-0.2, 0) is 0 Å². The van der Waals surface area contributed by atoms with E-state index >= 15 is 0 Å². The average Bonchev–Trinajstić information content (AvgIpc) is 2.97. The molecule has 3 heteroatoms. The zero-order chi connectivity index (χ0) is 13.1. The third-order valence-electron chi connectivity index (χ3n) is 3.62. The second-order valence-corrected chi connectivity index (χ2v) is 4.75. The maximum atomic E-state index is 9.22. The minimum Gasteiger partial charge on any atom is -0.348 e. The number of nitriles is 1. The lowest BCUT2D eigenvalue weighted by Gasteiger charge is -2.26. The first kappa shape index (κ1) is 11.7. The zero-order valence-electron chi connectivity index (χ0n) is 10.7. The average molecular weight is 249 g/mol. The Hall–Kier alpha value is -2.34. The summed E-state index contributed by atoms with van der Waals surface area (Å²) in [7, 11) is 0. The Bertz CT molecular complexity index is 601. The van der Waals surface area contributed by atoms with Gasteiger partial charge in [0.1, 0.15) is 11.9 Å². The molecule has 1 unspecified atom stereocenters. The Labute approximate surface area is 113 Å². The number of nitrogens with zero attached hydrogens (tertiary/aromatic N) is 3. The molecule has 2 heterocycles. The van der Waals surface area contributed by atoms with E-state index in [-0.39, 0.29) is 0 Å². The SMILES string of the molecule is N#Cc1cccnc1N1CCCC1c1ccccc1. The quantitative estimate of drug-likeness (QED) is 0.820. The van der Waals surface area contributed by atoms with Crippen molar-refractivity contribution in [1.29, 1.82) is 5.26 Å². The maximum Gasteiger partial charge on any atom is 0.146 e. The molecule has 94 valence electrons. The van der Waals surface area contributed by atoms with Crippen molar-refractivity contribution in [3.63, 3.8) is 0 Å². The molecule has 0 saturated carbocycles. The summed E-state index contributed by atoms with van der Waals surface area (Å²) in [5, 5.41) is 9.22. The molecule has 0 amide bonds. The summed E-state index contributed by atoms with van der Waals surface area (Å²) < 4.78 is 0. The van der Waals surface area contributed by atoms with Crippen LogP contribution in [0.4, 0.5) is 5.82 Å². The van der Waals surface area contributed by atoms with Crippen LogP contribution in [0.1, 0.15) is 30.0 Å². The maximum absolute atomic E-state index is 9.22. The monoisotopic (exact) mass is 249 g/mol. The predicted octanol–water partition coefficient (Wildman–Crippen LogP) is 3.29. The fourth-order valence-electron chi connectivity index (χ4n) is 2.76. The number of rotatable bonds is 2. The van der Waals surface area contributed by atoms with Gasteiger partial charge in [-0.05, 0) is 30.5 Å². The van der Waals surface area contributed by atoms with Crippen LogP contribution in [0.25, 0.3) is 0 Å². The minimum atomic E-state index is 0.336. The van der Waals surface area contributed by atoms with E-state index in [1.54, 1.807) is 6.20 Å². The summed E-state index contributed by atoms with van der Waals surface area (Å²) in [6.07, 6.45) is 4.02. The highest BCUT2D eigenvalue weighted by Gasteiger charge is 2.28. The van der Waals surface area contributed by atoms with Gasteiger partial charge in [-0.1, -0.05) is 30.3 Å². The summed E-state index contributed by atoms with van der Waals surface area (Å²) in [4.78, 5) is 6.67. The molecule has 1 aromatic heterocycles. The molecule has 1 saturated heterocycles. The molecule has 0 N–H and O–H groups in total. The standard InChI is InChI=1S/C16H15N3/c17-12-14-8-4-10-18-16(14)19-11-5-9-15(19)13-6-2-1-3-7-13/h1-4,6-8,10,15H,5,9,11H2. The van der Waals surface area contributed by atoms with Crippen LogP contribution in [0.2, 0.25) is 0 Å². The second kappa shape index (κ2) is 5.11. The van der Waals surface area contributed by atoms with E-state index in [0.717, 1.165) is 25.2 Å². The van der Waals surface area contributed by atoms with Gasteiger partial charge < -0.3 is 4.90 Å². The molecular weight excluding hydrogens is 234 g/mol. The number of benzene rings is 1. The van der Waals surface area contributed by atoms with Crippen LogP contribution in [0, 0.1) is 11.3 Å². The van der Waals surface area contributed by atoms with Gasteiger partial charge in [0, 0.05) is 12.7 Å². The molecule has 0 aliphatic carbocycles. The molecule has 1 aliphatic rings. The van der Waals surface area contributed by atoms with Crippen molar-refractivity contribution < 1.29 is 0 Å². The first-order valence-corrected chi connectivity index (χ1v) is 6.57. The van der Waals surface area contributed by atoms with Crippen LogP contribution >= 0.6 is 0 Å². The largest absolute Gasteiger partial charge is 0.348 e. The highest BCUT2D eigenvalue weighted by atomic mass is 15.2. The summed E-state index contributed by atoms with van der Waals surface area (Å²) in [5.74, 6) is 0.816. The van der Waals surface area contributed by atoms with Crippen LogP contribution in [0.3, 0.4) is 0 Å². The zero-order valence-corrected chi connectivity index (χ0v) is 10.7. The normalized spacial score (nSPS) is 18.3. The highest BCUT2D eigenvalue weighted by molar-refractivity contribution is 5.55. The summed E-state index contributed by atoms with van der Waals surface area (Å²) in [6, 6.07) is 16.7. The molecule has 1 fully saturated rings. The Balaban J connectivity index is 1.98. The van der Waals surface area contributed by atoms with Crippen molar-refractivity contribution in [3.05, 3.63) is 59.8 Å². The summed E-state index contributed by atoms with van der Waals surface area (Å²) >= 11 is 0. The van der Waals surface area contributed by atoms with Crippen molar-refractivity contribution in [2.75, 3.05) is 11.4 Å². The first-order chi connectivity index (χ1) is 9.40. The molecule has 1 aliphatic heterocycles. The van der Waals surface area contributed by atoms with Crippen LogP contribution in [-0.4, -0.2) is 11.5 Å². The van der Waals surface area contributed by atoms with Crippen LogP contribution in [0.5, 0.6) is 0 Å².